The predicted molar refractivity (Wildman–Crippen MR) is 110 cm³/mol. The van der Waals surface area contributed by atoms with Crippen LogP contribution in [0.15, 0.2) is 53.5 Å². The number of benzene rings is 1. The second-order valence-electron chi connectivity index (χ2n) is 7.06. The van der Waals surface area contributed by atoms with Gasteiger partial charge in [0.05, 0.1) is 6.54 Å². The molecule has 0 spiro atoms. The lowest BCUT2D eigenvalue weighted by atomic mass is 10.2. The molecule has 1 heterocycles. The Morgan fingerprint density at radius 3 is 2.38 bits per heavy atom. The highest BCUT2D eigenvalue weighted by molar-refractivity contribution is 5.85. The van der Waals surface area contributed by atoms with Crippen molar-refractivity contribution in [3.8, 4) is 0 Å². The monoisotopic (exact) mass is 400 g/mol. The minimum atomic E-state index is -0.327. The van der Waals surface area contributed by atoms with Crippen molar-refractivity contribution in [1.29, 1.82) is 0 Å². The fourth-order valence-electron chi connectivity index (χ4n) is 2.96. The predicted octanol–water partition coefficient (Wildman–Crippen LogP) is 4.46. The topological polar surface area (TPSA) is 53.8 Å². The van der Waals surface area contributed by atoms with E-state index in [1.807, 2.05) is 26.0 Å². The third kappa shape index (κ3) is 7.22. The average Bonchev–Trinajstić information content (AvgIpc) is 3.11. The number of hydrogen-bond acceptors (Lipinski definition) is 3. The number of amides is 2. The molecule has 0 aliphatic carbocycles. The Kier molecular flexibility index (Phi) is 8.65. The third-order valence-electron chi connectivity index (χ3n) is 4.55. The minimum absolute atomic E-state index is 0.0323. The van der Waals surface area contributed by atoms with E-state index in [4.69, 9.17) is 4.42 Å². The normalized spacial score (nSPS) is 10.6. The molecule has 2 rings (SSSR count). The molecule has 0 radical (unpaired) electrons. The molecule has 0 saturated heterocycles. The van der Waals surface area contributed by atoms with Gasteiger partial charge in [-0.05, 0) is 43.2 Å². The maximum Gasteiger partial charge on any atom is 0.242 e. The highest BCUT2D eigenvalue weighted by atomic mass is 19.1. The number of rotatable bonds is 11. The van der Waals surface area contributed by atoms with Crippen LogP contribution in [0.3, 0.4) is 0 Å². The average molecular weight is 400 g/mol. The summed E-state index contributed by atoms with van der Waals surface area (Å²) < 4.78 is 18.9. The van der Waals surface area contributed by atoms with Crippen LogP contribution in [0.2, 0.25) is 0 Å². The molecule has 0 aliphatic heterocycles. The lowest BCUT2D eigenvalue weighted by Gasteiger charge is -2.27. The first-order valence-electron chi connectivity index (χ1n) is 9.89. The number of carbonyl (C=O) groups excluding carboxylic acids is 2. The molecule has 0 saturated carbocycles. The van der Waals surface area contributed by atoms with E-state index in [1.54, 1.807) is 23.1 Å². The molecule has 2 aromatic rings. The summed E-state index contributed by atoms with van der Waals surface area (Å²) in [6.07, 6.45) is 3.73. The summed E-state index contributed by atoms with van der Waals surface area (Å²) in [5.74, 6) is 0.834. The van der Waals surface area contributed by atoms with Crippen LogP contribution < -0.4 is 0 Å². The first-order chi connectivity index (χ1) is 13.9. The minimum Gasteiger partial charge on any atom is -0.464 e. The van der Waals surface area contributed by atoms with Crippen molar-refractivity contribution in [2.75, 3.05) is 13.1 Å². The largest absolute Gasteiger partial charge is 0.464 e. The molecule has 0 fully saturated rings. The molecule has 6 heteroatoms. The summed E-state index contributed by atoms with van der Waals surface area (Å²) in [7, 11) is 0. The Morgan fingerprint density at radius 2 is 1.79 bits per heavy atom. The molecule has 156 valence electrons. The SMILES string of the molecule is C=CCN(CC(=O)N(Cc1ccc(F)cc1)Cc1ccc(C)o1)C(=O)CCCC. The summed E-state index contributed by atoms with van der Waals surface area (Å²) in [6, 6.07) is 9.71. The zero-order chi connectivity index (χ0) is 21.2. The van der Waals surface area contributed by atoms with Gasteiger partial charge in [0.25, 0.3) is 0 Å². The van der Waals surface area contributed by atoms with Crippen LogP contribution in [0.5, 0.6) is 0 Å². The number of furan rings is 1. The molecule has 5 nitrogen and oxygen atoms in total. The van der Waals surface area contributed by atoms with Crippen LogP contribution in [-0.4, -0.2) is 34.7 Å². The van der Waals surface area contributed by atoms with Gasteiger partial charge in [-0.25, -0.2) is 4.39 Å². The number of halogens is 1. The van der Waals surface area contributed by atoms with Crippen molar-refractivity contribution in [2.45, 2.75) is 46.2 Å². The number of hydrogen-bond donors (Lipinski definition) is 0. The van der Waals surface area contributed by atoms with E-state index in [9.17, 15) is 14.0 Å². The Hall–Kier alpha value is -2.89. The first-order valence-corrected chi connectivity index (χ1v) is 9.89. The van der Waals surface area contributed by atoms with E-state index in [1.165, 1.54) is 17.0 Å². The quantitative estimate of drug-likeness (QED) is 0.523. The fraction of sp³-hybridized carbons (Fsp3) is 0.391. The smallest absolute Gasteiger partial charge is 0.242 e. The molecule has 29 heavy (non-hydrogen) atoms. The molecular weight excluding hydrogens is 371 g/mol. The maximum atomic E-state index is 13.2. The molecule has 2 amide bonds. The second-order valence-corrected chi connectivity index (χ2v) is 7.06. The van der Waals surface area contributed by atoms with Gasteiger partial charge in [-0.3, -0.25) is 9.59 Å². The van der Waals surface area contributed by atoms with Crippen LogP contribution in [0.4, 0.5) is 4.39 Å². The van der Waals surface area contributed by atoms with Crippen LogP contribution >= 0.6 is 0 Å². The van der Waals surface area contributed by atoms with Crippen LogP contribution in [0.25, 0.3) is 0 Å². The number of nitrogens with zero attached hydrogens (tertiary/aromatic N) is 2. The highest BCUT2D eigenvalue weighted by Crippen LogP contribution is 2.14. The summed E-state index contributed by atoms with van der Waals surface area (Å²) in [6.45, 7) is 8.41. The Bertz CT molecular complexity index is 814. The van der Waals surface area contributed by atoms with Gasteiger partial charge < -0.3 is 14.2 Å². The van der Waals surface area contributed by atoms with Crippen LogP contribution in [-0.2, 0) is 22.7 Å². The van der Waals surface area contributed by atoms with Crippen LogP contribution in [0.1, 0.15) is 43.3 Å². The van der Waals surface area contributed by atoms with E-state index in [0.717, 1.165) is 24.2 Å². The zero-order valence-corrected chi connectivity index (χ0v) is 17.2. The fourth-order valence-corrected chi connectivity index (χ4v) is 2.96. The van der Waals surface area contributed by atoms with Crippen molar-refractivity contribution >= 4 is 11.8 Å². The number of aryl methyl sites for hydroxylation is 1. The van der Waals surface area contributed by atoms with Crippen molar-refractivity contribution in [3.63, 3.8) is 0 Å². The molecule has 0 aliphatic rings. The van der Waals surface area contributed by atoms with E-state index in [2.05, 4.69) is 6.58 Å². The molecule has 0 bridgehead atoms. The van der Waals surface area contributed by atoms with E-state index in [-0.39, 0.29) is 30.7 Å². The van der Waals surface area contributed by atoms with E-state index in [0.29, 0.717) is 25.3 Å². The number of unbranched alkanes of at least 4 members (excludes halogenated alkanes) is 1. The Morgan fingerprint density at radius 1 is 1.07 bits per heavy atom. The summed E-state index contributed by atoms with van der Waals surface area (Å²) in [5.41, 5.74) is 0.801. The highest BCUT2D eigenvalue weighted by Gasteiger charge is 2.21. The Balaban J connectivity index is 2.15. The first kappa shape index (κ1) is 22.4. The standard InChI is InChI=1S/C23H29FN2O3/c1-4-6-7-22(27)25(14-5-2)17-23(28)26(16-21-13-8-18(3)29-21)15-19-9-11-20(24)12-10-19/h5,8-13H,2,4,6-7,14-17H2,1,3H3. The zero-order valence-electron chi connectivity index (χ0n) is 17.2. The van der Waals surface area contributed by atoms with Gasteiger partial charge in [0.2, 0.25) is 11.8 Å². The molecule has 0 unspecified atom stereocenters. The summed E-state index contributed by atoms with van der Waals surface area (Å²) in [4.78, 5) is 28.7. The molecule has 1 aromatic carbocycles. The third-order valence-corrected chi connectivity index (χ3v) is 4.55. The maximum absolute atomic E-state index is 13.2. The van der Waals surface area contributed by atoms with Crippen molar-refractivity contribution in [3.05, 3.63) is 72.0 Å². The second kappa shape index (κ2) is 11.2. The van der Waals surface area contributed by atoms with Gasteiger partial charge in [-0.2, -0.15) is 0 Å². The van der Waals surface area contributed by atoms with Gasteiger partial charge in [0.1, 0.15) is 23.9 Å². The van der Waals surface area contributed by atoms with Gasteiger partial charge in [0.15, 0.2) is 0 Å². The molecule has 1 aromatic heterocycles. The van der Waals surface area contributed by atoms with Crippen molar-refractivity contribution < 1.29 is 18.4 Å². The summed E-state index contributed by atoms with van der Waals surface area (Å²) >= 11 is 0. The molecular formula is C23H29FN2O3. The van der Waals surface area contributed by atoms with Gasteiger partial charge in [-0.15, -0.1) is 6.58 Å². The van der Waals surface area contributed by atoms with Crippen molar-refractivity contribution in [2.24, 2.45) is 0 Å². The van der Waals surface area contributed by atoms with Gasteiger partial charge in [0, 0.05) is 19.5 Å². The lowest BCUT2D eigenvalue weighted by molar-refractivity contribution is -0.141. The molecule has 0 atom stereocenters. The lowest BCUT2D eigenvalue weighted by Crippen LogP contribution is -2.42. The van der Waals surface area contributed by atoms with E-state index < -0.39 is 0 Å². The van der Waals surface area contributed by atoms with Crippen molar-refractivity contribution in [1.82, 2.24) is 9.80 Å². The number of carbonyl (C=O) groups is 2. The van der Waals surface area contributed by atoms with E-state index >= 15 is 0 Å². The van der Waals surface area contributed by atoms with Gasteiger partial charge >= 0.3 is 0 Å². The Labute approximate surface area is 171 Å². The van der Waals surface area contributed by atoms with Gasteiger partial charge in [-0.1, -0.05) is 31.6 Å². The molecule has 0 N–H and O–H groups in total. The van der Waals surface area contributed by atoms with Crippen LogP contribution in [0, 0.1) is 12.7 Å². The summed E-state index contributed by atoms with van der Waals surface area (Å²) in [5, 5.41) is 0.